The van der Waals surface area contributed by atoms with E-state index in [1.165, 1.54) is 6.26 Å². The molecule has 3 rings (SSSR count). The Balaban J connectivity index is 2.33. The van der Waals surface area contributed by atoms with Crippen LogP contribution in [0.15, 0.2) is 45.9 Å². The molecule has 1 aromatic carbocycles. The lowest BCUT2D eigenvalue weighted by Crippen LogP contribution is -2.13. The maximum absolute atomic E-state index is 12.2. The van der Waals surface area contributed by atoms with E-state index in [1.54, 1.807) is 25.3 Å². The zero-order valence-electron chi connectivity index (χ0n) is 14.8. The molecule has 2 heterocycles. The minimum Gasteiger partial charge on any atom is -0.463 e. The molecule has 5 heteroatoms. The number of esters is 1. The molecule has 0 saturated carbocycles. The Hall–Kier alpha value is -2.82. The van der Waals surface area contributed by atoms with Crippen molar-refractivity contribution in [3.63, 3.8) is 0 Å². The molecule has 0 spiro atoms. The lowest BCUT2D eigenvalue weighted by atomic mass is 9.84. The van der Waals surface area contributed by atoms with E-state index in [0.717, 1.165) is 11.1 Å². The van der Waals surface area contributed by atoms with Crippen molar-refractivity contribution in [2.24, 2.45) is 0 Å². The van der Waals surface area contributed by atoms with Gasteiger partial charge in [-0.05, 0) is 42.2 Å². The molecule has 0 saturated heterocycles. The number of fused-ring (bicyclic) bond motifs is 1. The number of hydrogen-bond acceptors (Lipinski definition) is 4. The van der Waals surface area contributed by atoms with Crippen molar-refractivity contribution in [2.45, 2.75) is 33.1 Å². The Morgan fingerprint density at radius 1 is 1.28 bits per heavy atom. The molecule has 2 aromatic heterocycles. The Morgan fingerprint density at radius 3 is 2.68 bits per heavy atom. The maximum atomic E-state index is 12.2. The van der Waals surface area contributed by atoms with Gasteiger partial charge in [-0.3, -0.25) is 4.79 Å². The van der Waals surface area contributed by atoms with Gasteiger partial charge in [-0.25, -0.2) is 4.79 Å². The quantitative estimate of drug-likeness (QED) is 0.724. The van der Waals surface area contributed by atoms with Crippen molar-refractivity contribution in [2.75, 3.05) is 6.61 Å². The molecule has 25 heavy (non-hydrogen) atoms. The van der Waals surface area contributed by atoms with Gasteiger partial charge in [0.15, 0.2) is 0 Å². The molecule has 0 fully saturated rings. The summed E-state index contributed by atoms with van der Waals surface area (Å²) in [5, 5.41) is 0.657. The number of ether oxygens (including phenoxy) is 1. The molecule has 0 bridgehead atoms. The monoisotopic (exact) mass is 339 g/mol. The topological polar surface area (TPSA) is 72.3 Å². The summed E-state index contributed by atoms with van der Waals surface area (Å²) in [7, 11) is 0. The van der Waals surface area contributed by atoms with Crippen LogP contribution in [0.5, 0.6) is 0 Å². The average Bonchev–Trinajstić information content (AvgIpc) is 2.97. The number of nitrogens with one attached hydrogen (secondary N) is 1. The predicted molar refractivity (Wildman–Crippen MR) is 96.9 cm³/mol. The van der Waals surface area contributed by atoms with Gasteiger partial charge in [-0.1, -0.05) is 20.8 Å². The number of furan rings is 1. The van der Waals surface area contributed by atoms with E-state index in [0.29, 0.717) is 22.1 Å². The molecule has 1 N–H and O–H groups in total. The second-order valence-corrected chi connectivity index (χ2v) is 6.93. The number of carbonyl (C=O) groups excluding carboxylic acids is 1. The largest absolute Gasteiger partial charge is 0.463 e. The van der Waals surface area contributed by atoms with Crippen LogP contribution in [0.4, 0.5) is 0 Å². The molecule has 0 unspecified atom stereocenters. The fraction of sp³-hybridized carbons (Fsp3) is 0.300. The molecule has 0 amide bonds. The lowest BCUT2D eigenvalue weighted by molar-refractivity contribution is 0.0527. The Morgan fingerprint density at radius 2 is 2.04 bits per heavy atom. The highest BCUT2D eigenvalue weighted by atomic mass is 16.5. The number of benzene rings is 1. The van der Waals surface area contributed by atoms with Gasteiger partial charge in [0.05, 0.1) is 6.61 Å². The number of hydrogen-bond donors (Lipinski definition) is 1. The zero-order chi connectivity index (χ0) is 18.2. The van der Waals surface area contributed by atoms with Crippen molar-refractivity contribution < 1.29 is 13.9 Å². The van der Waals surface area contributed by atoms with Gasteiger partial charge in [-0.2, -0.15) is 0 Å². The van der Waals surface area contributed by atoms with Crippen LogP contribution in [0.3, 0.4) is 0 Å². The Labute approximate surface area is 145 Å². The van der Waals surface area contributed by atoms with Crippen molar-refractivity contribution in [1.82, 2.24) is 4.98 Å². The van der Waals surface area contributed by atoms with Crippen LogP contribution in [-0.4, -0.2) is 17.6 Å². The second kappa shape index (κ2) is 6.24. The fourth-order valence-corrected chi connectivity index (χ4v) is 2.87. The van der Waals surface area contributed by atoms with Gasteiger partial charge >= 0.3 is 5.97 Å². The minimum absolute atomic E-state index is 0.178. The molecule has 5 nitrogen and oxygen atoms in total. The van der Waals surface area contributed by atoms with E-state index >= 15 is 0 Å². The molecule has 3 aromatic rings. The van der Waals surface area contributed by atoms with Gasteiger partial charge in [0, 0.05) is 22.7 Å². The van der Waals surface area contributed by atoms with Gasteiger partial charge in [0.1, 0.15) is 17.4 Å². The van der Waals surface area contributed by atoms with Crippen LogP contribution < -0.4 is 5.56 Å². The van der Waals surface area contributed by atoms with Crippen LogP contribution in [0.1, 0.15) is 43.6 Å². The molecule has 130 valence electrons. The van der Waals surface area contributed by atoms with E-state index in [4.69, 9.17) is 9.15 Å². The molecular formula is C20H21NO4. The summed E-state index contributed by atoms with van der Waals surface area (Å²) in [6.07, 6.45) is 3.02. The summed E-state index contributed by atoms with van der Waals surface area (Å²) >= 11 is 0. The summed E-state index contributed by atoms with van der Waals surface area (Å²) in [5.74, 6) is -0.430. The number of aromatic amines is 1. The first-order chi connectivity index (χ1) is 11.8. The Kier molecular flexibility index (Phi) is 4.25. The van der Waals surface area contributed by atoms with Crippen molar-refractivity contribution in [1.29, 1.82) is 0 Å². The average molecular weight is 339 g/mol. The van der Waals surface area contributed by atoms with Crippen LogP contribution in [0.25, 0.3) is 22.1 Å². The molecule has 0 aliphatic heterocycles. The van der Waals surface area contributed by atoms with Gasteiger partial charge in [-0.15, -0.1) is 0 Å². The van der Waals surface area contributed by atoms with Crippen LogP contribution >= 0.6 is 0 Å². The smallest absolute Gasteiger partial charge is 0.342 e. The summed E-state index contributed by atoms with van der Waals surface area (Å²) in [6, 6.07) is 7.30. The summed E-state index contributed by atoms with van der Waals surface area (Å²) in [5.41, 5.74) is 2.83. The van der Waals surface area contributed by atoms with Crippen LogP contribution in [0, 0.1) is 0 Å². The predicted octanol–water partition coefficient (Wildman–Crippen LogP) is 4.26. The highest BCUT2D eigenvalue weighted by Gasteiger charge is 2.24. The number of aromatic nitrogens is 1. The van der Waals surface area contributed by atoms with E-state index in [1.807, 2.05) is 12.1 Å². The summed E-state index contributed by atoms with van der Waals surface area (Å²) in [6.45, 7) is 8.24. The Bertz CT molecular complexity index is 989. The van der Waals surface area contributed by atoms with E-state index < -0.39 is 5.97 Å². The van der Waals surface area contributed by atoms with Crippen LogP contribution in [0.2, 0.25) is 0 Å². The molecule has 0 aliphatic rings. The van der Waals surface area contributed by atoms with Crippen LogP contribution in [-0.2, 0) is 10.2 Å². The van der Waals surface area contributed by atoms with E-state index in [-0.39, 0.29) is 17.6 Å². The summed E-state index contributed by atoms with van der Waals surface area (Å²) in [4.78, 5) is 27.1. The molecule has 0 aliphatic carbocycles. The normalized spacial score (nSPS) is 11.7. The van der Waals surface area contributed by atoms with Crippen molar-refractivity contribution >= 4 is 16.9 Å². The van der Waals surface area contributed by atoms with Gasteiger partial charge in [0.2, 0.25) is 0 Å². The summed E-state index contributed by atoms with van der Waals surface area (Å²) < 4.78 is 10.8. The standard InChI is InChI=1S/C20H21NO4/c1-5-24-19(23)15-11-25-17-14(15)9-12(10-16(17)20(2,3)4)13-7-6-8-21-18(13)22/h6-11H,5H2,1-4H3,(H,21,22). The molecular weight excluding hydrogens is 318 g/mol. The molecule has 0 atom stereocenters. The number of rotatable bonds is 3. The first-order valence-corrected chi connectivity index (χ1v) is 8.24. The third-order valence-electron chi connectivity index (χ3n) is 4.11. The maximum Gasteiger partial charge on any atom is 0.342 e. The minimum atomic E-state index is -0.430. The first-order valence-electron chi connectivity index (χ1n) is 8.24. The lowest BCUT2D eigenvalue weighted by Gasteiger charge is -2.20. The number of carbonyl (C=O) groups is 1. The van der Waals surface area contributed by atoms with E-state index in [2.05, 4.69) is 25.8 Å². The SMILES string of the molecule is CCOC(=O)c1coc2c(C(C)(C)C)cc(-c3ccc[nH]c3=O)cc12. The van der Waals surface area contributed by atoms with Crippen molar-refractivity contribution in [3.05, 3.63) is 58.2 Å². The van der Waals surface area contributed by atoms with Gasteiger partial charge < -0.3 is 14.1 Å². The van der Waals surface area contributed by atoms with E-state index in [9.17, 15) is 9.59 Å². The third kappa shape index (κ3) is 3.09. The fourth-order valence-electron chi connectivity index (χ4n) is 2.87. The first kappa shape index (κ1) is 17.0. The second-order valence-electron chi connectivity index (χ2n) is 6.93. The number of pyridine rings is 1. The van der Waals surface area contributed by atoms with Gasteiger partial charge in [0.25, 0.3) is 5.56 Å². The zero-order valence-corrected chi connectivity index (χ0v) is 14.8. The molecule has 0 radical (unpaired) electrons. The highest BCUT2D eigenvalue weighted by Crippen LogP contribution is 2.36. The number of H-pyrrole nitrogens is 1. The van der Waals surface area contributed by atoms with Crippen molar-refractivity contribution in [3.8, 4) is 11.1 Å². The third-order valence-corrected chi connectivity index (χ3v) is 4.11. The highest BCUT2D eigenvalue weighted by molar-refractivity contribution is 6.05.